The predicted octanol–water partition coefficient (Wildman–Crippen LogP) is 3.43. The number of methoxy groups -OCH3 is 1. The molecule has 7 nitrogen and oxygen atoms in total. The highest BCUT2D eigenvalue weighted by atomic mass is 16.5. The molecule has 0 saturated carbocycles. The van der Waals surface area contributed by atoms with Gasteiger partial charge in [0.05, 0.1) is 20.1 Å². The molecule has 1 aliphatic rings. The van der Waals surface area contributed by atoms with Crippen molar-refractivity contribution >= 4 is 17.6 Å². The van der Waals surface area contributed by atoms with Crippen LogP contribution in [0.3, 0.4) is 0 Å². The van der Waals surface area contributed by atoms with Crippen molar-refractivity contribution in [2.45, 2.75) is 39.7 Å². The fourth-order valence-corrected chi connectivity index (χ4v) is 3.87. The van der Waals surface area contributed by atoms with Crippen LogP contribution in [-0.4, -0.2) is 43.7 Å². The molecule has 0 fully saturated rings. The van der Waals surface area contributed by atoms with E-state index in [1.54, 1.807) is 12.0 Å². The summed E-state index contributed by atoms with van der Waals surface area (Å²) in [5.41, 5.74) is 4.21. The monoisotopic (exact) mass is 440 g/mol. The van der Waals surface area contributed by atoms with Crippen molar-refractivity contribution in [3.8, 4) is 11.5 Å². The number of amides is 1. The average Bonchev–Trinajstić information content (AvgIpc) is 3.18. The minimum Gasteiger partial charge on any atom is -0.496 e. The third kappa shape index (κ3) is 6.23. The second kappa shape index (κ2) is 11.0. The number of benzene rings is 2. The molecule has 1 amide bonds. The molecule has 7 heteroatoms. The van der Waals surface area contributed by atoms with Gasteiger partial charge in [0.2, 0.25) is 5.91 Å². The summed E-state index contributed by atoms with van der Waals surface area (Å²) in [4.78, 5) is 24.8. The number of carboxylic acids is 1. The Hall–Kier alpha value is -3.06. The molecule has 2 N–H and O–H groups in total. The number of carbonyl (C=O) groups is 2. The quantitative estimate of drug-likeness (QED) is 0.521. The van der Waals surface area contributed by atoms with Gasteiger partial charge >= 0.3 is 5.97 Å². The van der Waals surface area contributed by atoms with Crippen LogP contribution in [-0.2, 0) is 29.0 Å². The summed E-state index contributed by atoms with van der Waals surface area (Å²) < 4.78 is 11.6. The molecule has 0 atom stereocenters. The summed E-state index contributed by atoms with van der Waals surface area (Å²) in [6, 6.07) is 12.0. The Bertz CT molecular complexity index is 957. The average molecular weight is 441 g/mol. The molecule has 0 bridgehead atoms. The Morgan fingerprint density at radius 3 is 2.72 bits per heavy atom. The summed E-state index contributed by atoms with van der Waals surface area (Å²) in [6.07, 6.45) is 1.74. The van der Waals surface area contributed by atoms with E-state index in [9.17, 15) is 9.59 Å². The standard InChI is InChI=1S/C25H32N2O5/c1-17(2)12-20-5-4-18(13-23(20)31-3)16-32-21-6-7-22-19(14-21)9-11-27(22)24(28)15-26-10-8-25(29)30/h4-7,13-14,17,26H,8-12,15-16H2,1-3H3,(H,29,30). The largest absolute Gasteiger partial charge is 0.496 e. The molecule has 0 aromatic heterocycles. The lowest BCUT2D eigenvalue weighted by Gasteiger charge is -2.18. The summed E-state index contributed by atoms with van der Waals surface area (Å²) in [7, 11) is 1.69. The molecule has 0 unspecified atom stereocenters. The van der Waals surface area contributed by atoms with Gasteiger partial charge in [0.25, 0.3) is 0 Å². The van der Waals surface area contributed by atoms with E-state index in [0.717, 1.165) is 41.2 Å². The van der Waals surface area contributed by atoms with Gasteiger partial charge in [0, 0.05) is 18.8 Å². The number of nitrogens with one attached hydrogen (secondary N) is 1. The predicted molar refractivity (Wildman–Crippen MR) is 123 cm³/mol. The van der Waals surface area contributed by atoms with Gasteiger partial charge < -0.3 is 24.8 Å². The van der Waals surface area contributed by atoms with Crippen LogP contribution in [0.2, 0.25) is 0 Å². The topological polar surface area (TPSA) is 88.1 Å². The highest BCUT2D eigenvalue weighted by molar-refractivity contribution is 5.96. The second-order valence-corrected chi connectivity index (χ2v) is 8.44. The van der Waals surface area contributed by atoms with E-state index in [2.05, 4.69) is 31.3 Å². The fourth-order valence-electron chi connectivity index (χ4n) is 3.87. The Labute approximate surface area is 189 Å². The van der Waals surface area contributed by atoms with Crippen LogP contribution < -0.4 is 19.7 Å². The maximum atomic E-state index is 12.5. The lowest BCUT2D eigenvalue weighted by atomic mass is 10.0. The zero-order valence-corrected chi connectivity index (χ0v) is 19.0. The van der Waals surface area contributed by atoms with Crippen LogP contribution in [0.1, 0.15) is 37.0 Å². The molecular weight excluding hydrogens is 408 g/mol. The van der Waals surface area contributed by atoms with Gasteiger partial charge in [-0.3, -0.25) is 9.59 Å². The first-order chi connectivity index (χ1) is 15.4. The van der Waals surface area contributed by atoms with Crippen molar-refractivity contribution in [1.82, 2.24) is 5.32 Å². The van der Waals surface area contributed by atoms with E-state index in [4.69, 9.17) is 14.6 Å². The number of fused-ring (bicyclic) bond motifs is 1. The first-order valence-corrected chi connectivity index (χ1v) is 11.0. The lowest BCUT2D eigenvalue weighted by Crippen LogP contribution is -2.37. The molecule has 2 aromatic carbocycles. The maximum absolute atomic E-state index is 12.5. The molecule has 0 spiro atoms. The molecular formula is C25H32N2O5. The Balaban J connectivity index is 1.58. The van der Waals surface area contributed by atoms with E-state index in [1.807, 2.05) is 24.3 Å². The van der Waals surface area contributed by atoms with Crippen LogP contribution in [0.15, 0.2) is 36.4 Å². The number of nitrogens with zero attached hydrogens (tertiary/aromatic N) is 1. The summed E-state index contributed by atoms with van der Waals surface area (Å²) in [6.45, 7) is 5.83. The van der Waals surface area contributed by atoms with E-state index in [0.29, 0.717) is 19.1 Å². The van der Waals surface area contributed by atoms with Gasteiger partial charge in [-0.1, -0.05) is 26.0 Å². The van der Waals surface area contributed by atoms with Gasteiger partial charge in [0.1, 0.15) is 18.1 Å². The van der Waals surface area contributed by atoms with Crippen LogP contribution in [0.4, 0.5) is 5.69 Å². The summed E-state index contributed by atoms with van der Waals surface area (Å²) in [5.74, 6) is 1.28. The van der Waals surface area contributed by atoms with Crippen molar-refractivity contribution in [2.75, 3.05) is 31.6 Å². The normalized spacial score (nSPS) is 12.7. The van der Waals surface area contributed by atoms with Crippen LogP contribution in [0.25, 0.3) is 0 Å². The van der Waals surface area contributed by atoms with Crippen LogP contribution >= 0.6 is 0 Å². The summed E-state index contributed by atoms with van der Waals surface area (Å²) >= 11 is 0. The molecule has 0 radical (unpaired) electrons. The van der Waals surface area contributed by atoms with Crippen molar-refractivity contribution < 1.29 is 24.2 Å². The SMILES string of the molecule is COc1cc(COc2ccc3c(c2)CCN3C(=O)CNCCC(=O)O)ccc1CC(C)C. The molecule has 0 saturated heterocycles. The van der Waals surface area contributed by atoms with Crippen molar-refractivity contribution in [1.29, 1.82) is 0 Å². The van der Waals surface area contributed by atoms with Crippen molar-refractivity contribution in [2.24, 2.45) is 5.92 Å². The zero-order valence-electron chi connectivity index (χ0n) is 19.0. The first kappa shape index (κ1) is 23.6. The zero-order chi connectivity index (χ0) is 23.1. The van der Waals surface area contributed by atoms with Crippen molar-refractivity contribution in [3.05, 3.63) is 53.1 Å². The molecule has 172 valence electrons. The molecule has 3 rings (SSSR count). The number of rotatable bonds is 11. The van der Waals surface area contributed by atoms with E-state index in [-0.39, 0.29) is 25.4 Å². The molecule has 0 aliphatic carbocycles. The smallest absolute Gasteiger partial charge is 0.304 e. The van der Waals surface area contributed by atoms with E-state index < -0.39 is 5.97 Å². The van der Waals surface area contributed by atoms with Gasteiger partial charge in [-0.2, -0.15) is 0 Å². The molecule has 2 aromatic rings. The lowest BCUT2D eigenvalue weighted by molar-refractivity contribution is -0.137. The number of hydrogen-bond acceptors (Lipinski definition) is 5. The molecule has 1 heterocycles. The number of carboxylic acid groups (broad SMARTS) is 1. The van der Waals surface area contributed by atoms with Gasteiger partial charge in [-0.15, -0.1) is 0 Å². The number of anilines is 1. The fraction of sp³-hybridized carbons (Fsp3) is 0.440. The highest BCUT2D eigenvalue weighted by Crippen LogP contribution is 2.32. The van der Waals surface area contributed by atoms with Crippen LogP contribution in [0.5, 0.6) is 11.5 Å². The third-order valence-electron chi connectivity index (χ3n) is 5.42. The Morgan fingerprint density at radius 1 is 1.19 bits per heavy atom. The van der Waals surface area contributed by atoms with Crippen LogP contribution in [0, 0.1) is 5.92 Å². The van der Waals surface area contributed by atoms with Gasteiger partial charge in [-0.05, 0) is 59.7 Å². The molecule has 32 heavy (non-hydrogen) atoms. The number of carbonyl (C=O) groups excluding carboxylic acids is 1. The Kier molecular flexibility index (Phi) is 8.11. The van der Waals surface area contributed by atoms with Crippen molar-refractivity contribution in [3.63, 3.8) is 0 Å². The van der Waals surface area contributed by atoms with E-state index in [1.165, 1.54) is 5.56 Å². The Morgan fingerprint density at radius 2 is 2.00 bits per heavy atom. The first-order valence-electron chi connectivity index (χ1n) is 11.0. The highest BCUT2D eigenvalue weighted by Gasteiger charge is 2.24. The minimum absolute atomic E-state index is 0.00308. The number of hydrogen-bond donors (Lipinski definition) is 2. The summed E-state index contributed by atoms with van der Waals surface area (Å²) in [5, 5.41) is 11.6. The second-order valence-electron chi connectivity index (χ2n) is 8.44. The van der Waals surface area contributed by atoms with E-state index >= 15 is 0 Å². The third-order valence-corrected chi connectivity index (χ3v) is 5.42. The number of ether oxygens (including phenoxy) is 2. The maximum Gasteiger partial charge on any atom is 0.304 e. The minimum atomic E-state index is -0.881. The van der Waals surface area contributed by atoms with Gasteiger partial charge in [-0.25, -0.2) is 0 Å². The number of aliphatic carboxylic acids is 1. The molecule has 1 aliphatic heterocycles. The van der Waals surface area contributed by atoms with Gasteiger partial charge in [0.15, 0.2) is 0 Å².